The number of fused-ring (bicyclic) bond motifs is 1. The van der Waals surface area contributed by atoms with Crippen LogP contribution in [0.1, 0.15) is 44.6 Å². The van der Waals surface area contributed by atoms with Gasteiger partial charge < -0.3 is 9.84 Å². The van der Waals surface area contributed by atoms with Crippen LogP contribution >= 0.6 is 0 Å². The van der Waals surface area contributed by atoms with E-state index in [1.54, 1.807) is 19.2 Å². The zero-order valence-corrected chi connectivity index (χ0v) is 16.5. The molecule has 0 radical (unpaired) electrons. The molecule has 4 rings (SSSR count). The second-order valence-corrected chi connectivity index (χ2v) is 7.40. The van der Waals surface area contributed by atoms with E-state index < -0.39 is 5.97 Å². The van der Waals surface area contributed by atoms with E-state index in [0.29, 0.717) is 5.56 Å². The second kappa shape index (κ2) is 8.36. The first-order chi connectivity index (χ1) is 14.1. The number of ether oxygens (including phenoxy) is 1. The standard InChI is InChI=1S/C26H24O3/c1-29-24-15-8-19(9-16-24)17-23-14-13-21-4-2-3-20(25(21)23)10-5-18-6-11-22(12-7-18)26(27)28/h2-4,6-9,11-12,15-17H,5,10,13-14H2,1H3,(H,27,28)/b23-17+. The van der Waals surface area contributed by atoms with Gasteiger partial charge in [-0.05, 0) is 83.3 Å². The lowest BCUT2D eigenvalue weighted by molar-refractivity contribution is 0.0697. The van der Waals surface area contributed by atoms with Crippen LogP contribution in [0.5, 0.6) is 5.75 Å². The Morgan fingerprint density at radius 3 is 2.41 bits per heavy atom. The van der Waals surface area contributed by atoms with Gasteiger partial charge in [0.25, 0.3) is 0 Å². The van der Waals surface area contributed by atoms with Gasteiger partial charge in [-0.2, -0.15) is 0 Å². The second-order valence-electron chi connectivity index (χ2n) is 7.40. The van der Waals surface area contributed by atoms with Crippen LogP contribution < -0.4 is 4.74 Å². The Morgan fingerprint density at radius 1 is 0.966 bits per heavy atom. The fraction of sp³-hybridized carbons (Fsp3) is 0.192. The highest BCUT2D eigenvalue weighted by Gasteiger charge is 2.19. The molecule has 0 heterocycles. The Bertz CT molecular complexity index is 1040. The lowest BCUT2D eigenvalue weighted by Crippen LogP contribution is -1.99. The molecule has 1 N–H and O–H groups in total. The molecule has 0 atom stereocenters. The third-order valence-electron chi connectivity index (χ3n) is 5.56. The number of carbonyl (C=O) groups is 1. The minimum Gasteiger partial charge on any atom is -0.497 e. The third kappa shape index (κ3) is 4.24. The molecule has 3 nitrogen and oxygen atoms in total. The lowest BCUT2D eigenvalue weighted by Gasteiger charge is -2.11. The van der Waals surface area contributed by atoms with Crippen molar-refractivity contribution in [3.05, 3.63) is 100 Å². The van der Waals surface area contributed by atoms with Crippen molar-refractivity contribution < 1.29 is 14.6 Å². The van der Waals surface area contributed by atoms with E-state index in [9.17, 15) is 4.79 Å². The maximum absolute atomic E-state index is 11.0. The van der Waals surface area contributed by atoms with Crippen LogP contribution in [0, 0.1) is 0 Å². The van der Waals surface area contributed by atoms with Crippen LogP contribution in [0.2, 0.25) is 0 Å². The van der Waals surface area contributed by atoms with E-state index in [2.05, 4.69) is 36.4 Å². The number of carboxylic acid groups (broad SMARTS) is 1. The molecule has 1 aliphatic rings. The molecule has 3 aromatic carbocycles. The number of benzene rings is 3. The van der Waals surface area contributed by atoms with E-state index in [1.165, 1.54) is 27.8 Å². The molecule has 3 heteroatoms. The van der Waals surface area contributed by atoms with Gasteiger partial charge in [-0.3, -0.25) is 0 Å². The molecule has 0 aliphatic heterocycles. The van der Waals surface area contributed by atoms with Crippen molar-refractivity contribution in [3.8, 4) is 5.75 Å². The Balaban J connectivity index is 1.56. The number of allylic oxidation sites excluding steroid dienone is 1. The SMILES string of the molecule is COc1ccc(/C=C2\CCc3cccc(CCc4ccc(C(=O)O)cc4)c32)cc1. The summed E-state index contributed by atoms with van der Waals surface area (Å²) in [6.45, 7) is 0. The van der Waals surface area contributed by atoms with Gasteiger partial charge in [0.1, 0.15) is 5.75 Å². The summed E-state index contributed by atoms with van der Waals surface area (Å²) in [6.07, 6.45) is 6.27. The number of rotatable bonds is 6. The molecule has 0 saturated carbocycles. The van der Waals surface area contributed by atoms with Gasteiger partial charge in [-0.1, -0.05) is 48.5 Å². The van der Waals surface area contributed by atoms with Gasteiger partial charge in [-0.15, -0.1) is 0 Å². The Morgan fingerprint density at radius 2 is 1.72 bits per heavy atom. The summed E-state index contributed by atoms with van der Waals surface area (Å²) in [5, 5.41) is 9.06. The molecule has 0 saturated heterocycles. The van der Waals surface area contributed by atoms with Crippen LogP contribution in [-0.2, 0) is 19.3 Å². The summed E-state index contributed by atoms with van der Waals surface area (Å²) in [4.78, 5) is 11.0. The van der Waals surface area contributed by atoms with Crippen molar-refractivity contribution in [2.75, 3.05) is 7.11 Å². The lowest BCUT2D eigenvalue weighted by atomic mass is 9.94. The zero-order chi connectivity index (χ0) is 20.2. The number of hydrogen-bond acceptors (Lipinski definition) is 2. The smallest absolute Gasteiger partial charge is 0.335 e. The summed E-state index contributed by atoms with van der Waals surface area (Å²) >= 11 is 0. The predicted molar refractivity (Wildman–Crippen MR) is 116 cm³/mol. The van der Waals surface area contributed by atoms with Crippen LogP contribution in [-0.4, -0.2) is 18.2 Å². The van der Waals surface area contributed by atoms with E-state index in [1.807, 2.05) is 24.3 Å². The van der Waals surface area contributed by atoms with E-state index in [-0.39, 0.29) is 0 Å². The average Bonchev–Trinajstić information content (AvgIpc) is 3.16. The number of carboxylic acids is 1. The molecule has 0 aromatic heterocycles. The average molecular weight is 384 g/mol. The monoisotopic (exact) mass is 384 g/mol. The van der Waals surface area contributed by atoms with Crippen LogP contribution in [0.3, 0.4) is 0 Å². The minimum absolute atomic E-state index is 0.332. The molecule has 3 aromatic rings. The van der Waals surface area contributed by atoms with Crippen molar-refractivity contribution in [1.82, 2.24) is 0 Å². The molecule has 0 fully saturated rings. The normalized spacial score (nSPS) is 14.0. The topological polar surface area (TPSA) is 46.5 Å². The molecule has 29 heavy (non-hydrogen) atoms. The predicted octanol–water partition coefficient (Wildman–Crippen LogP) is 5.67. The summed E-state index contributed by atoms with van der Waals surface area (Å²) < 4.78 is 5.26. The van der Waals surface area contributed by atoms with Gasteiger partial charge in [0.15, 0.2) is 0 Å². The van der Waals surface area contributed by atoms with Crippen molar-refractivity contribution in [2.24, 2.45) is 0 Å². The maximum atomic E-state index is 11.0. The van der Waals surface area contributed by atoms with Gasteiger partial charge in [0.2, 0.25) is 0 Å². The first-order valence-electron chi connectivity index (χ1n) is 9.92. The maximum Gasteiger partial charge on any atom is 0.335 e. The first-order valence-corrected chi connectivity index (χ1v) is 9.92. The third-order valence-corrected chi connectivity index (χ3v) is 5.56. The molecule has 146 valence electrons. The highest BCUT2D eigenvalue weighted by atomic mass is 16.5. The summed E-state index contributed by atoms with van der Waals surface area (Å²) in [6, 6.07) is 22.0. The molecule has 1 aliphatic carbocycles. The number of aryl methyl sites for hydroxylation is 3. The Kier molecular flexibility index (Phi) is 5.48. The van der Waals surface area contributed by atoms with Crippen LogP contribution in [0.4, 0.5) is 0 Å². The fourth-order valence-electron chi connectivity index (χ4n) is 4.02. The number of hydrogen-bond donors (Lipinski definition) is 1. The summed E-state index contributed by atoms with van der Waals surface area (Å²) in [5.74, 6) is -0.0145. The van der Waals surface area contributed by atoms with E-state index >= 15 is 0 Å². The minimum atomic E-state index is -0.884. The van der Waals surface area contributed by atoms with Crippen molar-refractivity contribution in [2.45, 2.75) is 25.7 Å². The molecular formula is C26H24O3. The highest BCUT2D eigenvalue weighted by Crippen LogP contribution is 2.36. The van der Waals surface area contributed by atoms with Gasteiger partial charge in [0, 0.05) is 0 Å². The highest BCUT2D eigenvalue weighted by molar-refractivity contribution is 5.88. The Labute approximate surface area is 171 Å². The first kappa shape index (κ1) is 19.0. The Hall–Kier alpha value is -3.33. The van der Waals surface area contributed by atoms with Gasteiger partial charge >= 0.3 is 5.97 Å². The van der Waals surface area contributed by atoms with Gasteiger partial charge in [0.05, 0.1) is 12.7 Å². The van der Waals surface area contributed by atoms with Crippen molar-refractivity contribution >= 4 is 17.6 Å². The van der Waals surface area contributed by atoms with E-state index in [4.69, 9.17) is 9.84 Å². The van der Waals surface area contributed by atoms with E-state index in [0.717, 1.165) is 37.0 Å². The van der Waals surface area contributed by atoms with Crippen LogP contribution in [0.15, 0.2) is 66.7 Å². The molecule has 0 spiro atoms. The molecule has 0 amide bonds. The van der Waals surface area contributed by atoms with Crippen molar-refractivity contribution in [3.63, 3.8) is 0 Å². The number of methoxy groups -OCH3 is 1. The quantitative estimate of drug-likeness (QED) is 0.596. The summed E-state index contributed by atoms with van der Waals surface area (Å²) in [5.41, 5.74) is 8.25. The van der Waals surface area contributed by atoms with Gasteiger partial charge in [-0.25, -0.2) is 4.79 Å². The van der Waals surface area contributed by atoms with Crippen molar-refractivity contribution in [1.29, 1.82) is 0 Å². The summed E-state index contributed by atoms with van der Waals surface area (Å²) in [7, 11) is 1.68. The zero-order valence-electron chi connectivity index (χ0n) is 16.5. The fourth-order valence-corrected chi connectivity index (χ4v) is 4.02. The molecular weight excluding hydrogens is 360 g/mol. The largest absolute Gasteiger partial charge is 0.497 e. The molecule has 0 bridgehead atoms. The van der Waals surface area contributed by atoms with Crippen LogP contribution in [0.25, 0.3) is 11.6 Å². The molecule has 0 unspecified atom stereocenters. The number of aromatic carboxylic acids is 1.